The van der Waals surface area contributed by atoms with E-state index in [9.17, 15) is 0 Å². The molecule has 1 aromatic carbocycles. The van der Waals surface area contributed by atoms with Gasteiger partial charge in [0.05, 0.1) is 21.3 Å². The van der Waals surface area contributed by atoms with Crippen LogP contribution < -0.4 is 19.9 Å². The topological polar surface area (TPSA) is 57.0 Å². The summed E-state index contributed by atoms with van der Waals surface area (Å²) >= 11 is 0. The average Bonchev–Trinajstić information content (AvgIpc) is 2.44. The molecule has 0 spiro atoms. The molecule has 1 heterocycles. The number of methoxy groups -OCH3 is 3. The van der Waals surface area contributed by atoms with Crippen molar-refractivity contribution < 1.29 is 14.2 Å². The third-order valence-corrected chi connectivity index (χ3v) is 3.65. The molecule has 19 heavy (non-hydrogen) atoms. The Morgan fingerprint density at radius 2 is 1.89 bits per heavy atom. The third-order valence-electron chi connectivity index (χ3n) is 3.65. The molecule has 2 N–H and O–H groups in total. The molecule has 106 valence electrons. The maximum Gasteiger partial charge on any atom is 0.203 e. The Morgan fingerprint density at radius 3 is 2.42 bits per heavy atom. The molecule has 5 heteroatoms. The van der Waals surface area contributed by atoms with Crippen LogP contribution in [0.1, 0.15) is 17.0 Å². The molecule has 1 atom stereocenters. The Bertz CT molecular complexity index is 462. The van der Waals surface area contributed by atoms with E-state index in [1.807, 2.05) is 6.07 Å². The molecule has 0 aliphatic carbocycles. The van der Waals surface area contributed by atoms with Crippen LogP contribution in [0.5, 0.6) is 17.2 Å². The van der Waals surface area contributed by atoms with Gasteiger partial charge in [0.1, 0.15) is 0 Å². The largest absolute Gasteiger partial charge is 0.493 e. The van der Waals surface area contributed by atoms with E-state index in [1.165, 1.54) is 5.56 Å². The van der Waals surface area contributed by atoms with Crippen LogP contribution in [0.15, 0.2) is 6.07 Å². The second-order valence-electron chi connectivity index (χ2n) is 4.84. The molecule has 1 aliphatic rings. The Kier molecular flexibility index (Phi) is 4.17. The number of nitrogens with zero attached hydrogens (tertiary/aromatic N) is 1. The van der Waals surface area contributed by atoms with Crippen molar-refractivity contribution in [3.8, 4) is 17.2 Å². The summed E-state index contributed by atoms with van der Waals surface area (Å²) in [5, 5.41) is 0. The SMILES string of the molecule is COc1cc2c(c(OC)c1OC)CN(C)CC2CN. The summed E-state index contributed by atoms with van der Waals surface area (Å²) in [4.78, 5) is 2.24. The quantitative estimate of drug-likeness (QED) is 0.887. The van der Waals surface area contributed by atoms with E-state index < -0.39 is 0 Å². The van der Waals surface area contributed by atoms with Crippen LogP contribution in [0.25, 0.3) is 0 Å². The van der Waals surface area contributed by atoms with E-state index >= 15 is 0 Å². The lowest BCUT2D eigenvalue weighted by Gasteiger charge is -2.33. The highest BCUT2D eigenvalue weighted by Crippen LogP contribution is 2.45. The highest BCUT2D eigenvalue weighted by Gasteiger charge is 2.29. The zero-order chi connectivity index (χ0) is 14.0. The summed E-state index contributed by atoms with van der Waals surface area (Å²) in [7, 11) is 7.00. The second-order valence-corrected chi connectivity index (χ2v) is 4.84. The van der Waals surface area contributed by atoms with Gasteiger partial charge in [-0.05, 0) is 18.7 Å². The van der Waals surface area contributed by atoms with E-state index in [-0.39, 0.29) is 0 Å². The van der Waals surface area contributed by atoms with Crippen molar-refractivity contribution in [1.82, 2.24) is 4.90 Å². The van der Waals surface area contributed by atoms with Crippen LogP contribution in [0, 0.1) is 0 Å². The Labute approximate surface area is 114 Å². The minimum absolute atomic E-state index is 0.294. The summed E-state index contributed by atoms with van der Waals surface area (Å²) in [5.41, 5.74) is 8.24. The molecule has 5 nitrogen and oxygen atoms in total. The monoisotopic (exact) mass is 266 g/mol. The zero-order valence-electron chi connectivity index (χ0n) is 12.0. The van der Waals surface area contributed by atoms with Crippen LogP contribution in [-0.4, -0.2) is 46.4 Å². The van der Waals surface area contributed by atoms with Crippen molar-refractivity contribution in [3.05, 3.63) is 17.2 Å². The number of nitrogens with two attached hydrogens (primary N) is 1. The predicted octanol–water partition coefficient (Wildman–Crippen LogP) is 1.20. The molecule has 1 unspecified atom stereocenters. The van der Waals surface area contributed by atoms with E-state index in [0.29, 0.717) is 24.0 Å². The highest BCUT2D eigenvalue weighted by atomic mass is 16.5. The number of fused-ring (bicyclic) bond motifs is 1. The lowest BCUT2D eigenvalue weighted by atomic mass is 9.88. The van der Waals surface area contributed by atoms with Gasteiger partial charge < -0.3 is 24.8 Å². The fourth-order valence-corrected chi connectivity index (χ4v) is 2.77. The number of rotatable bonds is 4. The first kappa shape index (κ1) is 14.0. The summed E-state index contributed by atoms with van der Waals surface area (Å²) in [5.74, 6) is 2.39. The summed E-state index contributed by atoms with van der Waals surface area (Å²) in [6.45, 7) is 2.38. The van der Waals surface area contributed by atoms with Gasteiger partial charge in [0.25, 0.3) is 0 Å². The first-order valence-electron chi connectivity index (χ1n) is 6.36. The predicted molar refractivity (Wildman–Crippen MR) is 74.2 cm³/mol. The zero-order valence-corrected chi connectivity index (χ0v) is 12.0. The molecule has 2 rings (SSSR count). The van der Waals surface area contributed by atoms with Gasteiger partial charge in [-0.25, -0.2) is 0 Å². The molecule has 1 aromatic rings. The number of benzene rings is 1. The maximum absolute atomic E-state index is 5.89. The molecule has 0 saturated carbocycles. The molecule has 0 radical (unpaired) electrons. The van der Waals surface area contributed by atoms with E-state index in [0.717, 1.165) is 24.4 Å². The lowest BCUT2D eigenvalue weighted by Crippen LogP contribution is -2.34. The van der Waals surface area contributed by atoms with Crippen molar-refractivity contribution in [3.63, 3.8) is 0 Å². The van der Waals surface area contributed by atoms with Crippen molar-refractivity contribution in [2.24, 2.45) is 5.73 Å². The van der Waals surface area contributed by atoms with Gasteiger partial charge in [-0.3, -0.25) is 0 Å². The molecule has 0 saturated heterocycles. The van der Waals surface area contributed by atoms with Crippen LogP contribution in [0.2, 0.25) is 0 Å². The summed E-state index contributed by atoms with van der Waals surface area (Å²) < 4.78 is 16.4. The van der Waals surface area contributed by atoms with Crippen molar-refractivity contribution >= 4 is 0 Å². The maximum atomic E-state index is 5.89. The van der Waals surface area contributed by atoms with Gasteiger partial charge >= 0.3 is 0 Å². The van der Waals surface area contributed by atoms with Crippen molar-refractivity contribution in [2.75, 3.05) is 41.5 Å². The van der Waals surface area contributed by atoms with Crippen molar-refractivity contribution in [2.45, 2.75) is 12.5 Å². The van der Waals surface area contributed by atoms with E-state index in [1.54, 1.807) is 21.3 Å². The minimum atomic E-state index is 0.294. The van der Waals surface area contributed by atoms with E-state index in [4.69, 9.17) is 19.9 Å². The van der Waals surface area contributed by atoms with E-state index in [2.05, 4.69) is 11.9 Å². The highest BCUT2D eigenvalue weighted by molar-refractivity contribution is 5.60. The van der Waals surface area contributed by atoms with Crippen LogP contribution in [0.3, 0.4) is 0 Å². The molecular formula is C14H22N2O3. The van der Waals surface area contributed by atoms with Gasteiger partial charge in [0, 0.05) is 31.1 Å². The Hall–Kier alpha value is -1.46. The Morgan fingerprint density at radius 1 is 1.21 bits per heavy atom. The lowest BCUT2D eigenvalue weighted by molar-refractivity contribution is 0.266. The fraction of sp³-hybridized carbons (Fsp3) is 0.571. The fourth-order valence-electron chi connectivity index (χ4n) is 2.77. The number of hydrogen-bond acceptors (Lipinski definition) is 5. The third kappa shape index (κ3) is 2.35. The molecule has 0 amide bonds. The summed E-state index contributed by atoms with van der Waals surface area (Å²) in [6.07, 6.45) is 0. The number of hydrogen-bond donors (Lipinski definition) is 1. The van der Waals surface area contributed by atoms with Gasteiger partial charge in [0.15, 0.2) is 11.5 Å². The first-order chi connectivity index (χ1) is 9.15. The van der Waals surface area contributed by atoms with Gasteiger partial charge in [0.2, 0.25) is 5.75 Å². The molecule has 0 aromatic heterocycles. The minimum Gasteiger partial charge on any atom is -0.493 e. The second kappa shape index (κ2) is 5.67. The number of likely N-dealkylation sites (N-methyl/N-ethyl adjacent to an activating group) is 1. The van der Waals surface area contributed by atoms with Gasteiger partial charge in [-0.15, -0.1) is 0 Å². The van der Waals surface area contributed by atoms with Crippen LogP contribution >= 0.6 is 0 Å². The number of ether oxygens (including phenoxy) is 3. The molecular weight excluding hydrogens is 244 g/mol. The Balaban J connectivity index is 2.63. The normalized spacial score (nSPS) is 18.9. The van der Waals surface area contributed by atoms with Crippen LogP contribution in [-0.2, 0) is 6.54 Å². The van der Waals surface area contributed by atoms with Gasteiger partial charge in [-0.2, -0.15) is 0 Å². The summed E-state index contributed by atoms with van der Waals surface area (Å²) in [6, 6.07) is 2.03. The standard InChI is InChI=1S/C14H22N2O3/c1-16-7-9(6-15)10-5-12(17-2)14(19-4)13(18-3)11(10)8-16/h5,9H,6-8,15H2,1-4H3. The van der Waals surface area contributed by atoms with Gasteiger partial charge in [-0.1, -0.05) is 0 Å². The van der Waals surface area contributed by atoms with Crippen LogP contribution in [0.4, 0.5) is 0 Å². The van der Waals surface area contributed by atoms with Crippen molar-refractivity contribution in [1.29, 1.82) is 0 Å². The molecule has 0 fully saturated rings. The smallest absolute Gasteiger partial charge is 0.203 e. The molecule has 1 aliphatic heterocycles. The molecule has 0 bridgehead atoms. The first-order valence-corrected chi connectivity index (χ1v) is 6.36. The average molecular weight is 266 g/mol.